The number of carbonyl (C=O) groups is 1. The molecule has 0 unspecified atom stereocenters. The second kappa shape index (κ2) is 4.94. The van der Waals surface area contributed by atoms with Gasteiger partial charge in [0.05, 0.1) is 5.52 Å². The summed E-state index contributed by atoms with van der Waals surface area (Å²) in [6, 6.07) is 7.99. The van der Waals surface area contributed by atoms with Crippen LogP contribution < -0.4 is 0 Å². The monoisotopic (exact) mass is 242 g/mol. The van der Waals surface area contributed by atoms with Crippen molar-refractivity contribution in [2.24, 2.45) is 0 Å². The minimum Gasteiger partial charge on any atom is -0.346 e. The lowest BCUT2D eigenvalue weighted by molar-refractivity contribution is 0.112. The Morgan fingerprint density at radius 2 is 1.94 bits per heavy atom. The van der Waals surface area contributed by atoms with Crippen LogP contribution >= 0.6 is 0 Å². The van der Waals surface area contributed by atoms with Crippen LogP contribution in [0.3, 0.4) is 0 Å². The largest absolute Gasteiger partial charge is 0.346 e. The summed E-state index contributed by atoms with van der Waals surface area (Å²) in [5.74, 6) is 0. The second-order valence-electron chi connectivity index (χ2n) is 4.96. The average molecular weight is 242 g/mol. The number of carbonyl (C=O) groups excluding carboxylic acids is 1. The predicted octanol–water partition coefficient (Wildman–Crippen LogP) is 2.55. The number of benzene rings is 1. The van der Waals surface area contributed by atoms with Crippen molar-refractivity contribution in [3.05, 3.63) is 36.0 Å². The van der Waals surface area contributed by atoms with Gasteiger partial charge in [-0.05, 0) is 38.1 Å². The summed E-state index contributed by atoms with van der Waals surface area (Å²) in [7, 11) is 0. The number of hydrogen-bond acceptors (Lipinski definition) is 2. The topological polar surface area (TPSA) is 25.2 Å². The van der Waals surface area contributed by atoms with Crippen LogP contribution in [0.4, 0.5) is 0 Å². The van der Waals surface area contributed by atoms with E-state index >= 15 is 0 Å². The predicted molar refractivity (Wildman–Crippen MR) is 73.0 cm³/mol. The second-order valence-corrected chi connectivity index (χ2v) is 4.96. The number of nitrogens with zero attached hydrogens (tertiary/aromatic N) is 2. The minimum atomic E-state index is 0.791. The lowest BCUT2D eigenvalue weighted by Gasteiger charge is -2.15. The highest BCUT2D eigenvalue weighted by Crippen LogP contribution is 2.19. The number of aromatic nitrogens is 1. The quantitative estimate of drug-likeness (QED) is 0.770. The fourth-order valence-corrected chi connectivity index (χ4v) is 2.83. The van der Waals surface area contributed by atoms with Gasteiger partial charge >= 0.3 is 0 Å². The molecule has 3 nitrogen and oxygen atoms in total. The first-order valence-corrected chi connectivity index (χ1v) is 6.64. The summed E-state index contributed by atoms with van der Waals surface area (Å²) in [5.41, 5.74) is 1.87. The zero-order chi connectivity index (χ0) is 12.4. The van der Waals surface area contributed by atoms with E-state index in [0.29, 0.717) is 0 Å². The number of rotatable bonds is 4. The molecule has 18 heavy (non-hydrogen) atoms. The van der Waals surface area contributed by atoms with Crippen molar-refractivity contribution < 1.29 is 4.79 Å². The van der Waals surface area contributed by atoms with E-state index in [2.05, 4.69) is 27.8 Å². The number of likely N-dealkylation sites (tertiary alicyclic amines) is 1. The van der Waals surface area contributed by atoms with Crippen LogP contribution in [0.5, 0.6) is 0 Å². The number of aldehydes is 1. The molecule has 0 aliphatic carbocycles. The molecule has 94 valence electrons. The number of para-hydroxylation sites is 1. The van der Waals surface area contributed by atoms with E-state index in [1.165, 1.54) is 25.9 Å². The van der Waals surface area contributed by atoms with E-state index in [1.54, 1.807) is 0 Å². The van der Waals surface area contributed by atoms with Gasteiger partial charge in [-0.25, -0.2) is 0 Å². The smallest absolute Gasteiger partial charge is 0.152 e. The molecule has 3 heteroatoms. The lowest BCUT2D eigenvalue weighted by atomic mass is 10.1. The fraction of sp³-hybridized carbons (Fsp3) is 0.400. The van der Waals surface area contributed by atoms with E-state index in [-0.39, 0.29) is 0 Å². The number of hydrogen-bond donors (Lipinski definition) is 0. The maximum Gasteiger partial charge on any atom is 0.152 e. The molecule has 0 amide bonds. The van der Waals surface area contributed by atoms with Crippen LogP contribution in [-0.2, 0) is 6.54 Å². The molecular weight excluding hydrogens is 224 g/mol. The molecule has 0 spiro atoms. The molecule has 1 aromatic heterocycles. The Balaban J connectivity index is 1.84. The van der Waals surface area contributed by atoms with Crippen LogP contribution in [0.2, 0.25) is 0 Å². The lowest BCUT2D eigenvalue weighted by Crippen LogP contribution is -2.23. The Bertz CT molecular complexity index is 553. The molecule has 2 aromatic rings. The van der Waals surface area contributed by atoms with Gasteiger partial charge in [0.1, 0.15) is 0 Å². The molecule has 0 atom stereocenters. The van der Waals surface area contributed by atoms with Gasteiger partial charge in [0.2, 0.25) is 0 Å². The Labute approximate surface area is 107 Å². The molecule has 1 saturated heterocycles. The first kappa shape index (κ1) is 11.5. The van der Waals surface area contributed by atoms with Gasteiger partial charge in [0, 0.05) is 30.2 Å². The van der Waals surface area contributed by atoms with Crippen molar-refractivity contribution in [3.63, 3.8) is 0 Å². The van der Waals surface area contributed by atoms with E-state index in [1.807, 2.05) is 12.1 Å². The first-order chi connectivity index (χ1) is 8.88. The van der Waals surface area contributed by atoms with Gasteiger partial charge in [-0.1, -0.05) is 12.1 Å². The Hall–Kier alpha value is -1.61. The summed E-state index contributed by atoms with van der Waals surface area (Å²) in [5, 5.41) is 1.15. The van der Waals surface area contributed by atoms with Gasteiger partial charge in [-0.2, -0.15) is 0 Å². The van der Waals surface area contributed by atoms with Crippen molar-refractivity contribution in [3.8, 4) is 0 Å². The normalized spacial score (nSPS) is 16.4. The summed E-state index contributed by atoms with van der Waals surface area (Å²) < 4.78 is 2.21. The summed E-state index contributed by atoms with van der Waals surface area (Å²) in [4.78, 5) is 13.6. The van der Waals surface area contributed by atoms with Crippen LogP contribution in [-0.4, -0.2) is 35.4 Å². The molecule has 1 aliphatic rings. The minimum absolute atomic E-state index is 0.791. The van der Waals surface area contributed by atoms with Crippen LogP contribution in [0.15, 0.2) is 30.5 Å². The summed E-state index contributed by atoms with van der Waals surface area (Å²) in [6.45, 7) is 4.49. The average Bonchev–Trinajstić information content (AvgIpc) is 3.05. The summed E-state index contributed by atoms with van der Waals surface area (Å²) >= 11 is 0. The van der Waals surface area contributed by atoms with Gasteiger partial charge in [0.15, 0.2) is 6.29 Å². The maximum atomic E-state index is 11.1. The van der Waals surface area contributed by atoms with Crippen molar-refractivity contribution in [1.82, 2.24) is 9.47 Å². The Morgan fingerprint density at radius 3 is 2.72 bits per heavy atom. The van der Waals surface area contributed by atoms with Crippen molar-refractivity contribution in [2.45, 2.75) is 19.4 Å². The highest BCUT2D eigenvalue weighted by atomic mass is 16.1. The van der Waals surface area contributed by atoms with Crippen LogP contribution in [0.1, 0.15) is 23.2 Å². The van der Waals surface area contributed by atoms with Gasteiger partial charge in [-0.3, -0.25) is 4.79 Å². The maximum absolute atomic E-state index is 11.1. The van der Waals surface area contributed by atoms with Crippen LogP contribution in [0.25, 0.3) is 10.9 Å². The highest BCUT2D eigenvalue weighted by Gasteiger charge is 2.12. The fourth-order valence-electron chi connectivity index (χ4n) is 2.83. The standard InChI is InChI=1S/C15H18N2O/c18-12-14-5-3-4-13-6-9-17(15(13)14)11-10-16-7-1-2-8-16/h3-6,9,12H,1-2,7-8,10-11H2. The van der Waals surface area contributed by atoms with E-state index < -0.39 is 0 Å². The van der Waals surface area contributed by atoms with Gasteiger partial charge < -0.3 is 9.47 Å². The molecule has 0 bridgehead atoms. The molecule has 3 rings (SSSR count). The zero-order valence-corrected chi connectivity index (χ0v) is 10.5. The third-order valence-corrected chi connectivity index (χ3v) is 3.80. The molecule has 1 aromatic carbocycles. The molecule has 1 aliphatic heterocycles. The van der Waals surface area contributed by atoms with Gasteiger partial charge in [-0.15, -0.1) is 0 Å². The van der Waals surface area contributed by atoms with Crippen LogP contribution in [0, 0.1) is 0 Å². The summed E-state index contributed by atoms with van der Waals surface area (Å²) in [6.07, 6.45) is 5.69. The Kier molecular flexibility index (Phi) is 3.15. The molecular formula is C15H18N2O. The van der Waals surface area contributed by atoms with E-state index in [4.69, 9.17) is 0 Å². The van der Waals surface area contributed by atoms with E-state index in [0.717, 1.165) is 35.8 Å². The first-order valence-electron chi connectivity index (χ1n) is 6.64. The highest BCUT2D eigenvalue weighted by molar-refractivity contribution is 5.96. The molecule has 0 N–H and O–H groups in total. The molecule has 2 heterocycles. The van der Waals surface area contributed by atoms with Crippen molar-refractivity contribution in [2.75, 3.05) is 19.6 Å². The third kappa shape index (κ3) is 2.06. The van der Waals surface area contributed by atoms with Crippen molar-refractivity contribution >= 4 is 17.2 Å². The van der Waals surface area contributed by atoms with Crippen molar-refractivity contribution in [1.29, 1.82) is 0 Å². The van der Waals surface area contributed by atoms with Gasteiger partial charge in [0.25, 0.3) is 0 Å². The number of fused-ring (bicyclic) bond motifs is 1. The SMILES string of the molecule is O=Cc1cccc2ccn(CCN3CCCC3)c12. The zero-order valence-electron chi connectivity index (χ0n) is 10.5. The third-order valence-electron chi connectivity index (χ3n) is 3.80. The molecule has 0 radical (unpaired) electrons. The van der Waals surface area contributed by atoms with E-state index in [9.17, 15) is 4.79 Å². The Morgan fingerprint density at radius 1 is 1.11 bits per heavy atom. The molecule has 0 saturated carbocycles. The molecule has 1 fully saturated rings.